The van der Waals surface area contributed by atoms with E-state index in [2.05, 4.69) is 20.4 Å². The van der Waals surface area contributed by atoms with E-state index in [-0.39, 0.29) is 18.9 Å². The van der Waals surface area contributed by atoms with Crippen molar-refractivity contribution in [2.45, 2.75) is 20.0 Å². The zero-order valence-electron chi connectivity index (χ0n) is 4.56. The van der Waals surface area contributed by atoms with Crippen LogP contribution in [-0.2, 0) is 3.79 Å². The number of hydrogen-bond acceptors (Lipinski definition) is 1. The second kappa shape index (κ2) is 6.09. The van der Waals surface area contributed by atoms with E-state index in [0.29, 0.717) is 6.10 Å². The van der Waals surface area contributed by atoms with Gasteiger partial charge in [0, 0.05) is 0 Å². The summed E-state index contributed by atoms with van der Waals surface area (Å²) in [6.07, 6.45) is 0.347. The summed E-state index contributed by atoms with van der Waals surface area (Å²) >= 11 is 2.19. The molecular formula is C3H7AlLiO. The third kappa shape index (κ3) is 8.92. The molecule has 0 amide bonds. The normalized spacial score (nSPS) is 8.00. The van der Waals surface area contributed by atoms with Gasteiger partial charge >= 0.3 is 18.9 Å². The van der Waals surface area contributed by atoms with Crippen molar-refractivity contribution in [3.63, 3.8) is 0 Å². The first-order valence-corrected chi connectivity index (χ1v) is 2.10. The Kier molecular flexibility index (Phi) is 10.3. The van der Waals surface area contributed by atoms with Crippen LogP contribution in [0.1, 0.15) is 13.8 Å². The van der Waals surface area contributed by atoms with Crippen LogP contribution in [0.3, 0.4) is 0 Å². The molecule has 0 aromatic rings. The average molecular weight is 93.0 g/mol. The summed E-state index contributed by atoms with van der Waals surface area (Å²) in [4.78, 5) is 0. The van der Waals surface area contributed by atoms with E-state index in [1.165, 1.54) is 0 Å². The van der Waals surface area contributed by atoms with Gasteiger partial charge in [0.2, 0.25) is 0 Å². The topological polar surface area (TPSA) is 9.23 Å². The van der Waals surface area contributed by atoms with E-state index in [1.54, 1.807) is 0 Å². The van der Waals surface area contributed by atoms with E-state index in [9.17, 15) is 0 Å². The molecule has 0 atom stereocenters. The van der Waals surface area contributed by atoms with Gasteiger partial charge in [0.1, 0.15) is 0 Å². The molecule has 3 radical (unpaired) electrons. The van der Waals surface area contributed by atoms with E-state index < -0.39 is 0 Å². The summed E-state index contributed by atoms with van der Waals surface area (Å²) in [5, 5.41) is 0. The van der Waals surface area contributed by atoms with E-state index in [4.69, 9.17) is 0 Å². The van der Waals surface area contributed by atoms with Crippen molar-refractivity contribution >= 4 is 16.6 Å². The minimum Gasteiger partial charge on any atom is -0.758 e. The van der Waals surface area contributed by atoms with Crippen LogP contribution in [0.5, 0.6) is 0 Å². The monoisotopic (exact) mass is 93.0 g/mol. The maximum Gasteiger partial charge on any atom is 1.00 e. The average Bonchev–Trinajstić information content (AvgIpc) is 1.38. The Balaban J connectivity index is 0. The molecular weight excluding hydrogens is 86.0 g/mol. The Labute approximate surface area is 59.4 Å². The molecule has 0 heterocycles. The standard InChI is InChI=1S/C3H7O.Al.Li/c1-3(2)4;;/h3H,1-2H3;;/q-1;;+1. The summed E-state index contributed by atoms with van der Waals surface area (Å²) in [6.45, 7) is 3.96. The van der Waals surface area contributed by atoms with Crippen molar-refractivity contribution < 1.29 is 22.6 Å². The molecule has 0 fully saturated rings. The smallest absolute Gasteiger partial charge is 0.758 e. The van der Waals surface area contributed by atoms with Crippen molar-refractivity contribution in [1.29, 1.82) is 0 Å². The largest absolute Gasteiger partial charge is 1.00 e. The molecule has 3 heteroatoms. The third-order valence-corrected chi connectivity index (χ3v) is 0.816. The summed E-state index contributed by atoms with van der Waals surface area (Å²) in [7, 11) is 0. The Morgan fingerprint density at radius 1 is 1.50 bits per heavy atom. The quantitative estimate of drug-likeness (QED) is 0.325. The van der Waals surface area contributed by atoms with Crippen molar-refractivity contribution in [3.8, 4) is 0 Å². The predicted octanol–water partition coefficient (Wildman–Crippen LogP) is -2.50. The SMILES string of the molecule is CC(C)[O][Al-].[Li+]. The van der Waals surface area contributed by atoms with Crippen LogP contribution < -0.4 is 18.9 Å². The van der Waals surface area contributed by atoms with Gasteiger partial charge in [-0.15, -0.1) is 0 Å². The second-order valence-corrected chi connectivity index (χ2v) is 1.46. The Hall–Kier alpha value is 1.09. The summed E-state index contributed by atoms with van der Waals surface area (Å²) in [5.41, 5.74) is 0. The van der Waals surface area contributed by atoms with Crippen LogP contribution in [0.2, 0.25) is 0 Å². The third-order valence-electron chi connectivity index (χ3n) is 0.272. The van der Waals surface area contributed by atoms with Crippen LogP contribution in [0.15, 0.2) is 0 Å². The molecule has 6 heavy (non-hydrogen) atoms. The zero-order valence-corrected chi connectivity index (χ0v) is 5.72. The van der Waals surface area contributed by atoms with Gasteiger partial charge in [0.25, 0.3) is 0 Å². The Morgan fingerprint density at radius 2 is 1.67 bits per heavy atom. The molecule has 0 spiro atoms. The van der Waals surface area contributed by atoms with E-state index in [0.717, 1.165) is 0 Å². The Morgan fingerprint density at radius 3 is 1.67 bits per heavy atom. The summed E-state index contributed by atoms with van der Waals surface area (Å²) < 4.78 is 4.67. The maximum atomic E-state index is 4.67. The first-order chi connectivity index (χ1) is 2.27. The van der Waals surface area contributed by atoms with Crippen LogP contribution in [0.4, 0.5) is 0 Å². The molecule has 0 saturated heterocycles. The molecule has 29 valence electrons. The molecule has 0 N–H and O–H groups in total. The van der Waals surface area contributed by atoms with Gasteiger partial charge < -0.3 is 20.4 Å². The molecule has 0 bridgehead atoms. The molecule has 0 unspecified atom stereocenters. The van der Waals surface area contributed by atoms with Gasteiger partial charge in [0.05, 0.1) is 0 Å². The molecule has 0 rings (SSSR count). The van der Waals surface area contributed by atoms with Crippen LogP contribution in [0, 0.1) is 0 Å². The van der Waals surface area contributed by atoms with Gasteiger partial charge in [-0.3, -0.25) is 0 Å². The van der Waals surface area contributed by atoms with E-state index in [1.807, 2.05) is 13.8 Å². The summed E-state index contributed by atoms with van der Waals surface area (Å²) in [6, 6.07) is 0. The van der Waals surface area contributed by atoms with Gasteiger partial charge in [-0.05, 0) is 20.0 Å². The number of hydrogen-bond donors (Lipinski definition) is 0. The maximum absolute atomic E-state index is 4.67. The number of rotatable bonds is 1. The zero-order chi connectivity index (χ0) is 4.28. The minimum absolute atomic E-state index is 0. The summed E-state index contributed by atoms with van der Waals surface area (Å²) in [5.74, 6) is 0. The second-order valence-electron chi connectivity index (χ2n) is 1.18. The predicted molar refractivity (Wildman–Crippen MR) is 22.0 cm³/mol. The first kappa shape index (κ1) is 10.1. The van der Waals surface area contributed by atoms with Gasteiger partial charge in [-0.25, -0.2) is 0 Å². The molecule has 1 nitrogen and oxygen atoms in total. The van der Waals surface area contributed by atoms with Crippen LogP contribution >= 0.6 is 0 Å². The fraction of sp³-hybridized carbons (Fsp3) is 1.00. The van der Waals surface area contributed by atoms with Crippen molar-refractivity contribution in [2.75, 3.05) is 0 Å². The molecule has 0 aliphatic carbocycles. The van der Waals surface area contributed by atoms with Crippen molar-refractivity contribution in [3.05, 3.63) is 0 Å². The van der Waals surface area contributed by atoms with E-state index >= 15 is 0 Å². The van der Waals surface area contributed by atoms with Crippen LogP contribution in [0.25, 0.3) is 0 Å². The van der Waals surface area contributed by atoms with Crippen molar-refractivity contribution in [1.82, 2.24) is 0 Å². The fourth-order valence-electron chi connectivity index (χ4n) is 0. The minimum atomic E-state index is 0. The molecule has 0 aromatic carbocycles. The first-order valence-electron chi connectivity index (χ1n) is 1.63. The molecule has 0 aliphatic rings. The fourth-order valence-corrected chi connectivity index (χ4v) is 0. The van der Waals surface area contributed by atoms with Crippen LogP contribution in [-0.4, -0.2) is 22.7 Å². The van der Waals surface area contributed by atoms with Gasteiger partial charge in [0.15, 0.2) is 0 Å². The van der Waals surface area contributed by atoms with Gasteiger partial charge in [-0.1, -0.05) is 0 Å². The van der Waals surface area contributed by atoms with Crippen molar-refractivity contribution in [2.24, 2.45) is 0 Å². The van der Waals surface area contributed by atoms with Gasteiger partial charge in [-0.2, -0.15) is 0 Å². The molecule has 0 aromatic heterocycles. The Bertz CT molecular complexity index is 24.8. The molecule has 0 aliphatic heterocycles. The molecule has 0 saturated carbocycles.